The Kier molecular flexibility index (Phi) is 7.73. The zero-order valence-corrected chi connectivity index (χ0v) is 21.0. The highest BCUT2D eigenvalue weighted by molar-refractivity contribution is 9.10. The third-order valence-electron chi connectivity index (χ3n) is 5.25. The summed E-state index contributed by atoms with van der Waals surface area (Å²) in [5.41, 5.74) is 2.23. The largest absolute Gasteiger partial charge is 0.347 e. The van der Waals surface area contributed by atoms with Crippen molar-refractivity contribution in [2.75, 3.05) is 4.90 Å². The van der Waals surface area contributed by atoms with Crippen LogP contribution in [-0.4, -0.2) is 17.1 Å². The second-order valence-corrected chi connectivity index (χ2v) is 10.0. The Bertz CT molecular complexity index is 1290. The van der Waals surface area contributed by atoms with Crippen LogP contribution in [0.3, 0.4) is 0 Å². The van der Waals surface area contributed by atoms with E-state index in [9.17, 15) is 14.9 Å². The second-order valence-electron chi connectivity index (χ2n) is 7.51. The number of halogens is 2. The Morgan fingerprint density at radius 2 is 1.74 bits per heavy atom. The van der Waals surface area contributed by atoms with Gasteiger partial charge in [-0.3, -0.25) is 14.5 Å². The molecule has 1 aliphatic rings. The fourth-order valence-electron chi connectivity index (χ4n) is 3.54. The minimum atomic E-state index is -0.526. The number of nitrogens with zero attached hydrogens (tertiary/aromatic N) is 2. The second kappa shape index (κ2) is 10.9. The Morgan fingerprint density at radius 1 is 1.06 bits per heavy atom. The first kappa shape index (κ1) is 24.1. The Balaban J connectivity index is 1.68. The van der Waals surface area contributed by atoms with E-state index in [-0.39, 0.29) is 18.0 Å². The van der Waals surface area contributed by atoms with Gasteiger partial charge in [0.15, 0.2) is 0 Å². The van der Waals surface area contributed by atoms with Gasteiger partial charge in [0.1, 0.15) is 16.7 Å². The lowest BCUT2D eigenvalue weighted by atomic mass is 10.1. The number of carbonyl (C=O) groups excluding carboxylic acids is 2. The zero-order valence-electron chi connectivity index (χ0n) is 17.9. The molecule has 1 saturated heterocycles. The number of rotatable bonds is 6. The minimum absolute atomic E-state index is 0.0983. The monoisotopic (exact) mass is 551 g/mol. The van der Waals surface area contributed by atoms with Crippen LogP contribution in [0, 0.1) is 11.3 Å². The summed E-state index contributed by atoms with van der Waals surface area (Å²) in [4.78, 5) is 28.0. The number of benzene rings is 3. The van der Waals surface area contributed by atoms with Crippen molar-refractivity contribution < 1.29 is 9.59 Å². The molecule has 3 aromatic rings. The van der Waals surface area contributed by atoms with Crippen LogP contribution in [0.25, 0.3) is 0 Å². The maximum Gasteiger partial charge on any atom is 0.264 e. The minimum Gasteiger partial charge on any atom is -0.347 e. The fraction of sp³-hybridized carbons (Fsp3) is 0.115. The smallest absolute Gasteiger partial charge is 0.264 e. The van der Waals surface area contributed by atoms with Crippen LogP contribution in [-0.2, 0) is 22.6 Å². The average molecular weight is 553 g/mol. The lowest BCUT2D eigenvalue weighted by Crippen LogP contribution is -2.32. The SMILES string of the molecule is N#C/C(C(=O)NCc1ccccc1)=C1/S[C@H](Cc2ccccc2Cl)C(=O)N1c1ccc(Br)cc1. The van der Waals surface area contributed by atoms with Gasteiger partial charge in [-0.2, -0.15) is 5.26 Å². The number of nitrogens with one attached hydrogen (secondary N) is 1. The van der Waals surface area contributed by atoms with Crippen molar-refractivity contribution in [2.24, 2.45) is 0 Å². The Morgan fingerprint density at radius 3 is 2.41 bits per heavy atom. The number of anilines is 1. The molecular formula is C26H19BrClN3O2S. The molecule has 8 heteroatoms. The van der Waals surface area contributed by atoms with Crippen LogP contribution in [0.5, 0.6) is 0 Å². The van der Waals surface area contributed by atoms with Gasteiger partial charge in [0, 0.05) is 21.7 Å². The van der Waals surface area contributed by atoms with E-state index in [4.69, 9.17) is 11.6 Å². The zero-order chi connectivity index (χ0) is 24.1. The highest BCUT2D eigenvalue weighted by Crippen LogP contribution is 2.42. The van der Waals surface area contributed by atoms with E-state index in [0.29, 0.717) is 22.2 Å². The molecule has 0 bridgehead atoms. The summed E-state index contributed by atoms with van der Waals surface area (Å²) in [6.07, 6.45) is 0.379. The van der Waals surface area contributed by atoms with Crippen LogP contribution >= 0.6 is 39.3 Å². The highest BCUT2D eigenvalue weighted by atomic mass is 79.9. The maximum atomic E-state index is 13.5. The van der Waals surface area contributed by atoms with Crippen molar-refractivity contribution in [2.45, 2.75) is 18.2 Å². The molecule has 4 rings (SSSR count). The summed E-state index contributed by atoms with van der Waals surface area (Å²) >= 11 is 10.9. The van der Waals surface area contributed by atoms with Gasteiger partial charge >= 0.3 is 0 Å². The first-order valence-corrected chi connectivity index (χ1v) is 12.5. The van der Waals surface area contributed by atoms with Crippen LogP contribution in [0.2, 0.25) is 5.02 Å². The molecule has 1 atom stereocenters. The van der Waals surface area contributed by atoms with E-state index < -0.39 is 11.2 Å². The van der Waals surface area contributed by atoms with E-state index in [0.717, 1.165) is 15.6 Å². The lowest BCUT2D eigenvalue weighted by Gasteiger charge is -2.19. The summed E-state index contributed by atoms with van der Waals surface area (Å²) in [7, 11) is 0. The molecule has 0 unspecified atom stereocenters. The summed E-state index contributed by atoms with van der Waals surface area (Å²) in [5, 5.41) is 13.1. The van der Waals surface area contributed by atoms with Crippen molar-refractivity contribution in [3.63, 3.8) is 0 Å². The van der Waals surface area contributed by atoms with Crippen molar-refractivity contribution in [3.05, 3.63) is 110 Å². The Labute approximate surface area is 215 Å². The van der Waals surface area contributed by atoms with Crippen LogP contribution < -0.4 is 10.2 Å². The van der Waals surface area contributed by atoms with Gasteiger partial charge in [0.25, 0.3) is 5.91 Å². The number of nitriles is 1. The molecule has 1 heterocycles. The summed E-state index contributed by atoms with van der Waals surface area (Å²) < 4.78 is 0.856. The predicted octanol–water partition coefficient (Wildman–Crippen LogP) is 5.85. The molecule has 3 aromatic carbocycles. The van der Waals surface area contributed by atoms with Gasteiger partial charge in [0.05, 0.1) is 5.25 Å². The molecule has 1 fully saturated rings. The molecule has 1 aliphatic heterocycles. The van der Waals surface area contributed by atoms with E-state index in [1.54, 1.807) is 18.2 Å². The van der Waals surface area contributed by atoms with Crippen molar-refractivity contribution >= 4 is 56.8 Å². The number of hydrogen-bond donors (Lipinski definition) is 1. The van der Waals surface area contributed by atoms with Crippen LogP contribution in [0.1, 0.15) is 11.1 Å². The molecule has 0 spiro atoms. The predicted molar refractivity (Wildman–Crippen MR) is 139 cm³/mol. The molecule has 0 saturated carbocycles. The average Bonchev–Trinajstić information content (AvgIpc) is 3.16. The molecule has 5 nitrogen and oxygen atoms in total. The summed E-state index contributed by atoms with van der Waals surface area (Å²) in [5.74, 6) is -0.729. The van der Waals surface area contributed by atoms with Gasteiger partial charge in [-0.05, 0) is 47.9 Å². The van der Waals surface area contributed by atoms with E-state index in [2.05, 4.69) is 21.2 Å². The first-order valence-electron chi connectivity index (χ1n) is 10.4. The highest BCUT2D eigenvalue weighted by Gasteiger charge is 2.41. The molecule has 2 amide bonds. The molecular weight excluding hydrogens is 534 g/mol. The van der Waals surface area contributed by atoms with Gasteiger partial charge in [-0.1, -0.05) is 87.8 Å². The first-order chi connectivity index (χ1) is 16.5. The van der Waals surface area contributed by atoms with Crippen molar-refractivity contribution in [3.8, 4) is 6.07 Å². The maximum absolute atomic E-state index is 13.5. The molecule has 0 radical (unpaired) electrons. The van der Waals surface area contributed by atoms with Crippen molar-refractivity contribution in [1.82, 2.24) is 5.32 Å². The Hall–Kier alpha value is -3.05. The molecule has 0 aromatic heterocycles. The molecule has 34 heavy (non-hydrogen) atoms. The molecule has 0 aliphatic carbocycles. The number of hydrogen-bond acceptors (Lipinski definition) is 4. The third-order valence-corrected chi connectivity index (χ3v) is 7.41. The van der Waals surface area contributed by atoms with Gasteiger partial charge in [0.2, 0.25) is 5.91 Å². The number of amides is 2. The number of carbonyl (C=O) groups is 2. The molecule has 170 valence electrons. The van der Waals surface area contributed by atoms with Crippen LogP contribution in [0.4, 0.5) is 5.69 Å². The summed E-state index contributed by atoms with van der Waals surface area (Å²) in [6.45, 7) is 0.276. The topological polar surface area (TPSA) is 73.2 Å². The number of thioether (sulfide) groups is 1. The van der Waals surface area contributed by atoms with E-state index in [1.165, 1.54) is 16.7 Å². The third kappa shape index (κ3) is 5.36. The van der Waals surface area contributed by atoms with Gasteiger partial charge < -0.3 is 5.32 Å². The molecule has 1 N–H and O–H groups in total. The normalized spacial score (nSPS) is 16.8. The van der Waals surface area contributed by atoms with E-state index >= 15 is 0 Å². The van der Waals surface area contributed by atoms with E-state index in [1.807, 2.05) is 66.7 Å². The summed E-state index contributed by atoms with van der Waals surface area (Å²) in [6, 6.07) is 26.0. The van der Waals surface area contributed by atoms with Crippen LogP contribution in [0.15, 0.2) is 93.9 Å². The van der Waals surface area contributed by atoms with Crippen molar-refractivity contribution in [1.29, 1.82) is 5.26 Å². The van der Waals surface area contributed by atoms with Gasteiger partial charge in [-0.15, -0.1) is 0 Å². The quantitative estimate of drug-likeness (QED) is 0.308. The fourth-order valence-corrected chi connectivity index (χ4v) is 5.32. The lowest BCUT2D eigenvalue weighted by molar-refractivity contribution is -0.117. The standard InChI is InChI=1S/C26H19BrClN3O2S/c27-19-10-12-20(13-11-19)31-25(33)23(14-18-8-4-5-9-22(18)28)34-26(31)21(15-29)24(32)30-16-17-6-2-1-3-7-17/h1-13,23H,14,16H2,(H,30,32)/b26-21-/t23-/m1/s1. The van der Waals surface area contributed by atoms with Gasteiger partial charge in [-0.25, -0.2) is 0 Å².